The molecule has 0 aliphatic carbocycles. The van der Waals surface area contributed by atoms with Crippen molar-refractivity contribution in [3.05, 3.63) is 29.8 Å². The van der Waals surface area contributed by atoms with Gasteiger partial charge in [-0.2, -0.15) is 0 Å². The molecule has 0 bridgehead atoms. The molecular formula is C14H20N2O5S. The lowest BCUT2D eigenvalue weighted by atomic mass is 10.0. The number of hydrogen-bond donors (Lipinski definition) is 3. The van der Waals surface area contributed by atoms with Crippen LogP contribution in [-0.2, 0) is 14.8 Å². The highest BCUT2D eigenvalue weighted by molar-refractivity contribution is 7.88. The van der Waals surface area contributed by atoms with Crippen LogP contribution in [0.2, 0.25) is 0 Å². The van der Waals surface area contributed by atoms with Crippen LogP contribution in [-0.4, -0.2) is 37.7 Å². The van der Waals surface area contributed by atoms with Crippen LogP contribution in [0.4, 0.5) is 5.69 Å². The van der Waals surface area contributed by atoms with Gasteiger partial charge in [0, 0.05) is 5.69 Å². The van der Waals surface area contributed by atoms with Gasteiger partial charge in [-0.25, -0.2) is 17.9 Å². The molecule has 0 saturated heterocycles. The highest BCUT2D eigenvalue weighted by Gasteiger charge is 2.23. The van der Waals surface area contributed by atoms with E-state index in [9.17, 15) is 18.0 Å². The second-order valence-electron chi connectivity index (χ2n) is 5.44. The molecule has 122 valence electrons. The molecule has 0 saturated carbocycles. The van der Waals surface area contributed by atoms with Crippen molar-refractivity contribution in [3.63, 3.8) is 0 Å². The molecule has 3 N–H and O–H groups in total. The Balaban J connectivity index is 2.83. The van der Waals surface area contributed by atoms with E-state index in [1.807, 2.05) is 13.8 Å². The van der Waals surface area contributed by atoms with Crippen LogP contribution in [0.1, 0.15) is 30.6 Å². The lowest BCUT2D eigenvalue weighted by molar-refractivity contribution is -0.118. The number of carboxylic acids is 1. The van der Waals surface area contributed by atoms with Crippen molar-refractivity contribution in [1.82, 2.24) is 4.72 Å². The van der Waals surface area contributed by atoms with Gasteiger partial charge in [0.25, 0.3) is 0 Å². The second-order valence-corrected chi connectivity index (χ2v) is 7.22. The smallest absolute Gasteiger partial charge is 0.335 e. The lowest BCUT2D eigenvalue weighted by Crippen LogP contribution is -2.44. The molecular weight excluding hydrogens is 308 g/mol. The summed E-state index contributed by atoms with van der Waals surface area (Å²) in [5, 5.41) is 11.4. The first-order valence-electron chi connectivity index (χ1n) is 6.70. The Morgan fingerprint density at radius 3 is 2.14 bits per heavy atom. The third-order valence-corrected chi connectivity index (χ3v) is 3.49. The largest absolute Gasteiger partial charge is 0.478 e. The van der Waals surface area contributed by atoms with E-state index < -0.39 is 27.9 Å². The van der Waals surface area contributed by atoms with Crippen LogP contribution < -0.4 is 10.0 Å². The number of carboxylic acid groups (broad SMARTS) is 1. The first-order chi connectivity index (χ1) is 10.1. The Kier molecular flexibility index (Phi) is 6.07. The average molecular weight is 328 g/mol. The first-order valence-corrected chi connectivity index (χ1v) is 8.59. The highest BCUT2D eigenvalue weighted by atomic mass is 32.2. The van der Waals surface area contributed by atoms with Gasteiger partial charge in [-0.15, -0.1) is 0 Å². The van der Waals surface area contributed by atoms with E-state index in [1.165, 1.54) is 24.3 Å². The Labute approximate surface area is 129 Å². The number of amides is 1. The first kappa shape index (κ1) is 18.1. The molecule has 7 nitrogen and oxygen atoms in total. The second kappa shape index (κ2) is 7.37. The maximum absolute atomic E-state index is 12.2. The molecule has 0 spiro atoms. The molecule has 0 heterocycles. The van der Waals surface area contributed by atoms with Crippen LogP contribution in [0, 0.1) is 5.92 Å². The fourth-order valence-electron chi connectivity index (χ4n) is 1.86. The number of carbonyl (C=O) groups is 2. The predicted molar refractivity (Wildman–Crippen MR) is 83.3 cm³/mol. The van der Waals surface area contributed by atoms with Crippen molar-refractivity contribution < 1.29 is 23.1 Å². The molecule has 1 rings (SSSR count). The van der Waals surface area contributed by atoms with E-state index in [2.05, 4.69) is 10.0 Å². The average Bonchev–Trinajstić information content (AvgIpc) is 2.36. The minimum absolute atomic E-state index is 0.103. The molecule has 0 aliphatic heterocycles. The van der Waals surface area contributed by atoms with E-state index in [-0.39, 0.29) is 11.5 Å². The quantitative estimate of drug-likeness (QED) is 0.698. The van der Waals surface area contributed by atoms with Crippen molar-refractivity contribution in [2.45, 2.75) is 26.3 Å². The van der Waals surface area contributed by atoms with Crippen molar-refractivity contribution >= 4 is 27.6 Å². The predicted octanol–water partition coefficient (Wildman–Crippen LogP) is 1.29. The van der Waals surface area contributed by atoms with Gasteiger partial charge in [0.1, 0.15) is 6.04 Å². The number of aromatic carboxylic acids is 1. The van der Waals surface area contributed by atoms with Gasteiger partial charge < -0.3 is 10.4 Å². The summed E-state index contributed by atoms with van der Waals surface area (Å²) < 4.78 is 25.0. The molecule has 0 aliphatic rings. The molecule has 1 unspecified atom stereocenters. The monoisotopic (exact) mass is 328 g/mol. The minimum Gasteiger partial charge on any atom is -0.478 e. The fraction of sp³-hybridized carbons (Fsp3) is 0.429. The van der Waals surface area contributed by atoms with Crippen LogP contribution in [0.15, 0.2) is 24.3 Å². The normalized spacial score (nSPS) is 12.9. The summed E-state index contributed by atoms with van der Waals surface area (Å²) in [5.41, 5.74) is 0.505. The molecule has 0 aromatic heterocycles. The molecule has 1 amide bonds. The molecule has 1 aromatic rings. The van der Waals surface area contributed by atoms with Crippen LogP contribution >= 0.6 is 0 Å². The van der Waals surface area contributed by atoms with E-state index in [1.54, 1.807) is 0 Å². The van der Waals surface area contributed by atoms with Gasteiger partial charge >= 0.3 is 5.97 Å². The number of carbonyl (C=O) groups excluding carboxylic acids is 1. The van der Waals surface area contributed by atoms with E-state index in [4.69, 9.17) is 5.11 Å². The minimum atomic E-state index is -3.51. The van der Waals surface area contributed by atoms with Gasteiger partial charge in [0.05, 0.1) is 11.8 Å². The fourth-order valence-corrected chi connectivity index (χ4v) is 2.58. The summed E-state index contributed by atoms with van der Waals surface area (Å²) in [4.78, 5) is 22.9. The van der Waals surface area contributed by atoms with Crippen LogP contribution in [0.3, 0.4) is 0 Å². The molecule has 8 heteroatoms. The molecule has 22 heavy (non-hydrogen) atoms. The Morgan fingerprint density at radius 1 is 1.18 bits per heavy atom. The number of sulfonamides is 1. The van der Waals surface area contributed by atoms with Gasteiger partial charge in [-0.05, 0) is 36.6 Å². The highest BCUT2D eigenvalue weighted by Crippen LogP contribution is 2.12. The molecule has 1 aromatic carbocycles. The van der Waals surface area contributed by atoms with Crippen LogP contribution in [0.5, 0.6) is 0 Å². The van der Waals surface area contributed by atoms with E-state index in [0.29, 0.717) is 12.1 Å². The summed E-state index contributed by atoms with van der Waals surface area (Å²) in [5.74, 6) is -1.42. The molecule has 0 radical (unpaired) electrons. The maximum Gasteiger partial charge on any atom is 0.335 e. The third-order valence-electron chi connectivity index (χ3n) is 2.78. The number of anilines is 1. The summed E-state index contributed by atoms with van der Waals surface area (Å²) in [6.45, 7) is 3.76. The lowest BCUT2D eigenvalue weighted by Gasteiger charge is -2.19. The Morgan fingerprint density at radius 2 is 1.73 bits per heavy atom. The topological polar surface area (TPSA) is 113 Å². The standard InChI is InChI=1S/C14H20N2O5S/c1-9(2)8-12(16-22(3,20)21)13(17)15-11-6-4-10(5-7-11)14(18)19/h4-7,9,12,16H,8H2,1-3H3,(H,15,17)(H,18,19). The number of hydrogen-bond acceptors (Lipinski definition) is 4. The van der Waals surface area contributed by atoms with Gasteiger partial charge in [-0.3, -0.25) is 4.79 Å². The zero-order chi connectivity index (χ0) is 16.9. The van der Waals surface area contributed by atoms with Gasteiger partial charge in [-0.1, -0.05) is 13.8 Å². The van der Waals surface area contributed by atoms with Crippen LogP contribution in [0.25, 0.3) is 0 Å². The van der Waals surface area contributed by atoms with Crippen molar-refractivity contribution in [1.29, 1.82) is 0 Å². The Hall–Kier alpha value is -1.93. The van der Waals surface area contributed by atoms with Crippen molar-refractivity contribution in [3.8, 4) is 0 Å². The van der Waals surface area contributed by atoms with Crippen molar-refractivity contribution in [2.75, 3.05) is 11.6 Å². The maximum atomic E-state index is 12.2. The van der Waals surface area contributed by atoms with Gasteiger partial charge in [0.2, 0.25) is 15.9 Å². The van der Waals surface area contributed by atoms with Crippen molar-refractivity contribution in [2.24, 2.45) is 5.92 Å². The molecule has 0 fully saturated rings. The zero-order valence-electron chi connectivity index (χ0n) is 12.7. The number of benzene rings is 1. The zero-order valence-corrected chi connectivity index (χ0v) is 13.5. The van der Waals surface area contributed by atoms with E-state index in [0.717, 1.165) is 6.26 Å². The summed E-state index contributed by atoms with van der Waals surface area (Å²) in [6, 6.07) is 4.75. The molecule has 1 atom stereocenters. The van der Waals surface area contributed by atoms with E-state index >= 15 is 0 Å². The Bertz CT molecular complexity index is 638. The third kappa shape index (κ3) is 6.23. The van der Waals surface area contributed by atoms with Gasteiger partial charge in [0.15, 0.2) is 0 Å². The number of nitrogens with one attached hydrogen (secondary N) is 2. The summed E-state index contributed by atoms with van der Waals surface area (Å²) in [7, 11) is -3.51. The summed E-state index contributed by atoms with van der Waals surface area (Å²) >= 11 is 0. The summed E-state index contributed by atoms with van der Waals surface area (Å²) in [6.07, 6.45) is 1.35. The SMILES string of the molecule is CC(C)CC(NS(C)(=O)=O)C(=O)Nc1ccc(C(=O)O)cc1. The number of rotatable bonds is 7.